The Morgan fingerprint density at radius 2 is 2.11 bits per heavy atom. The molecule has 1 N–H and O–H groups in total. The summed E-state index contributed by atoms with van der Waals surface area (Å²) in [6, 6.07) is 11.9. The molecule has 2 aromatic rings. The molecule has 0 bridgehead atoms. The summed E-state index contributed by atoms with van der Waals surface area (Å²) in [6.45, 7) is 0.427. The molecule has 19 heavy (non-hydrogen) atoms. The van der Waals surface area contributed by atoms with E-state index in [2.05, 4.69) is 5.16 Å². The molecule has 0 radical (unpaired) electrons. The molecule has 0 saturated carbocycles. The number of aliphatic hydroxyl groups is 1. The Labute approximate surface area is 116 Å². The second-order valence-corrected chi connectivity index (χ2v) is 5.55. The normalized spacial score (nSPS) is 20.3. The van der Waals surface area contributed by atoms with Crippen LogP contribution in [0.4, 0.5) is 0 Å². The molecular formula is C15H15NO2S. The van der Waals surface area contributed by atoms with Gasteiger partial charge in [0.25, 0.3) is 0 Å². The second kappa shape index (κ2) is 5.55. The molecule has 0 spiro atoms. The highest BCUT2D eigenvalue weighted by atomic mass is 32.1. The summed E-state index contributed by atoms with van der Waals surface area (Å²) < 4.78 is 0. The largest absolute Gasteiger partial charge is 0.391 e. The molecule has 0 aliphatic heterocycles. The third kappa shape index (κ3) is 2.69. The number of aliphatic hydroxyl groups excluding tert-OH is 1. The third-order valence-corrected chi connectivity index (χ3v) is 4.20. The number of hydrogen-bond donors (Lipinski definition) is 1. The molecule has 1 aromatic heterocycles. The van der Waals surface area contributed by atoms with Gasteiger partial charge in [-0.3, -0.25) is 0 Å². The smallest absolute Gasteiger partial charge is 0.142 e. The number of nitrogens with zero attached hydrogens (tertiary/aromatic N) is 1. The standard InChI is InChI=1S/C15H15NO2S/c17-13-6-7-14-12(8-9-19-14)15(13)16-18-10-11-4-2-1-3-5-11/h1-5,8-9,13,17H,6-7,10H2. The Kier molecular flexibility index (Phi) is 3.62. The first-order valence-electron chi connectivity index (χ1n) is 6.33. The highest BCUT2D eigenvalue weighted by Gasteiger charge is 2.25. The zero-order valence-corrected chi connectivity index (χ0v) is 11.3. The Hall–Kier alpha value is -1.65. The van der Waals surface area contributed by atoms with Crippen molar-refractivity contribution < 1.29 is 9.94 Å². The van der Waals surface area contributed by atoms with Gasteiger partial charge in [0.05, 0.1) is 0 Å². The summed E-state index contributed by atoms with van der Waals surface area (Å²) in [5, 5.41) is 16.2. The van der Waals surface area contributed by atoms with E-state index >= 15 is 0 Å². The summed E-state index contributed by atoms with van der Waals surface area (Å²) in [6.07, 6.45) is 1.13. The van der Waals surface area contributed by atoms with Crippen molar-refractivity contribution in [2.24, 2.45) is 5.16 Å². The summed E-state index contributed by atoms with van der Waals surface area (Å²) in [7, 11) is 0. The molecule has 1 aliphatic rings. The van der Waals surface area contributed by atoms with E-state index in [1.807, 2.05) is 41.8 Å². The van der Waals surface area contributed by atoms with Gasteiger partial charge in [-0.25, -0.2) is 0 Å². The number of hydrogen-bond acceptors (Lipinski definition) is 4. The van der Waals surface area contributed by atoms with Crippen LogP contribution in [0.3, 0.4) is 0 Å². The van der Waals surface area contributed by atoms with E-state index in [1.165, 1.54) is 4.88 Å². The molecule has 0 saturated heterocycles. The van der Waals surface area contributed by atoms with E-state index in [0.29, 0.717) is 12.3 Å². The van der Waals surface area contributed by atoms with Crippen molar-refractivity contribution >= 4 is 17.0 Å². The van der Waals surface area contributed by atoms with Gasteiger partial charge >= 0.3 is 0 Å². The second-order valence-electron chi connectivity index (χ2n) is 4.55. The number of thiophene rings is 1. The van der Waals surface area contributed by atoms with Crippen molar-refractivity contribution in [2.75, 3.05) is 0 Å². The SMILES string of the molecule is OC1CCc2sccc2C1=NOCc1ccccc1. The van der Waals surface area contributed by atoms with E-state index in [4.69, 9.17) is 4.84 Å². The van der Waals surface area contributed by atoms with Crippen LogP contribution in [0.2, 0.25) is 0 Å². The molecule has 4 heteroatoms. The average molecular weight is 273 g/mol. The molecule has 1 atom stereocenters. The lowest BCUT2D eigenvalue weighted by atomic mass is 9.95. The van der Waals surface area contributed by atoms with Gasteiger partial charge in [0, 0.05) is 10.4 Å². The van der Waals surface area contributed by atoms with Gasteiger partial charge in [-0.15, -0.1) is 11.3 Å². The summed E-state index contributed by atoms with van der Waals surface area (Å²) in [5.74, 6) is 0. The van der Waals surface area contributed by atoms with Crippen LogP contribution < -0.4 is 0 Å². The molecule has 1 aliphatic carbocycles. The molecule has 1 unspecified atom stereocenters. The quantitative estimate of drug-likeness (QED) is 0.874. The van der Waals surface area contributed by atoms with Crippen LogP contribution in [-0.2, 0) is 17.9 Å². The van der Waals surface area contributed by atoms with E-state index in [9.17, 15) is 5.11 Å². The van der Waals surface area contributed by atoms with Crippen LogP contribution in [0.5, 0.6) is 0 Å². The van der Waals surface area contributed by atoms with E-state index in [1.54, 1.807) is 11.3 Å². The highest BCUT2D eigenvalue weighted by Crippen LogP contribution is 2.27. The fourth-order valence-corrected chi connectivity index (χ4v) is 3.11. The van der Waals surface area contributed by atoms with Gasteiger partial charge in [0.15, 0.2) is 0 Å². The number of benzene rings is 1. The van der Waals surface area contributed by atoms with Crippen molar-refractivity contribution in [1.82, 2.24) is 0 Å². The summed E-state index contributed by atoms with van der Waals surface area (Å²) in [4.78, 5) is 6.67. The van der Waals surface area contributed by atoms with Gasteiger partial charge in [-0.2, -0.15) is 0 Å². The fraction of sp³-hybridized carbons (Fsp3) is 0.267. The van der Waals surface area contributed by atoms with Crippen LogP contribution >= 0.6 is 11.3 Å². The van der Waals surface area contributed by atoms with Crippen LogP contribution in [-0.4, -0.2) is 16.9 Å². The zero-order chi connectivity index (χ0) is 13.1. The number of rotatable bonds is 3. The Bertz CT molecular complexity index is 577. The van der Waals surface area contributed by atoms with Gasteiger partial charge in [-0.1, -0.05) is 35.5 Å². The maximum Gasteiger partial charge on any atom is 0.142 e. The maximum absolute atomic E-state index is 10.0. The van der Waals surface area contributed by atoms with Gasteiger partial charge < -0.3 is 9.94 Å². The van der Waals surface area contributed by atoms with Gasteiger partial charge in [-0.05, 0) is 29.9 Å². The highest BCUT2D eigenvalue weighted by molar-refractivity contribution is 7.10. The minimum Gasteiger partial charge on any atom is -0.391 e. The predicted molar refractivity (Wildman–Crippen MR) is 76.4 cm³/mol. The van der Waals surface area contributed by atoms with Crippen LogP contribution in [0.15, 0.2) is 46.9 Å². The number of fused-ring (bicyclic) bond motifs is 1. The maximum atomic E-state index is 10.0. The zero-order valence-electron chi connectivity index (χ0n) is 10.5. The third-order valence-electron chi connectivity index (χ3n) is 3.22. The molecule has 98 valence electrons. The van der Waals surface area contributed by atoms with Crippen molar-refractivity contribution in [1.29, 1.82) is 0 Å². The van der Waals surface area contributed by atoms with Crippen LogP contribution in [0.1, 0.15) is 22.4 Å². The molecule has 0 amide bonds. The topological polar surface area (TPSA) is 41.8 Å². The fourth-order valence-electron chi connectivity index (χ4n) is 2.21. The lowest BCUT2D eigenvalue weighted by molar-refractivity contribution is 0.123. The minimum atomic E-state index is -0.516. The molecule has 0 fully saturated rings. The molecule has 3 nitrogen and oxygen atoms in total. The van der Waals surface area contributed by atoms with Crippen molar-refractivity contribution in [3.05, 3.63) is 57.8 Å². The summed E-state index contributed by atoms with van der Waals surface area (Å²) >= 11 is 1.71. The molecule has 1 heterocycles. The molecular weight excluding hydrogens is 258 g/mol. The first-order chi connectivity index (χ1) is 9.34. The summed E-state index contributed by atoms with van der Waals surface area (Å²) in [5.41, 5.74) is 2.78. The Balaban J connectivity index is 1.73. The van der Waals surface area contributed by atoms with E-state index in [-0.39, 0.29) is 0 Å². The van der Waals surface area contributed by atoms with Crippen molar-refractivity contribution in [2.45, 2.75) is 25.6 Å². The van der Waals surface area contributed by atoms with Crippen LogP contribution in [0.25, 0.3) is 0 Å². The first kappa shape index (κ1) is 12.4. The van der Waals surface area contributed by atoms with Gasteiger partial charge in [0.1, 0.15) is 18.4 Å². The van der Waals surface area contributed by atoms with E-state index in [0.717, 1.165) is 24.0 Å². The van der Waals surface area contributed by atoms with Crippen LogP contribution in [0, 0.1) is 0 Å². The van der Waals surface area contributed by atoms with Crippen molar-refractivity contribution in [3.8, 4) is 0 Å². The average Bonchev–Trinajstić information content (AvgIpc) is 2.91. The lowest BCUT2D eigenvalue weighted by Crippen LogP contribution is -2.27. The molecule has 3 rings (SSSR count). The van der Waals surface area contributed by atoms with Crippen molar-refractivity contribution in [3.63, 3.8) is 0 Å². The number of oxime groups is 1. The monoisotopic (exact) mass is 273 g/mol. The first-order valence-corrected chi connectivity index (χ1v) is 7.21. The number of aryl methyl sites for hydroxylation is 1. The lowest BCUT2D eigenvalue weighted by Gasteiger charge is -2.19. The molecule has 1 aromatic carbocycles. The van der Waals surface area contributed by atoms with E-state index < -0.39 is 6.10 Å². The predicted octanol–water partition coefficient (Wildman–Crippen LogP) is 2.98. The van der Waals surface area contributed by atoms with Gasteiger partial charge in [0.2, 0.25) is 0 Å². The Morgan fingerprint density at radius 1 is 1.26 bits per heavy atom. The Morgan fingerprint density at radius 3 is 2.95 bits per heavy atom. The minimum absolute atomic E-state index is 0.427.